The van der Waals surface area contributed by atoms with Crippen molar-refractivity contribution in [1.29, 1.82) is 0 Å². The predicted molar refractivity (Wildman–Crippen MR) is 81.5 cm³/mol. The Labute approximate surface area is 116 Å². The Balaban J connectivity index is 1.87. The molecule has 2 aromatic carbocycles. The van der Waals surface area contributed by atoms with Crippen LogP contribution in [0.5, 0.6) is 0 Å². The molecular formula is C17H19OP. The minimum absolute atomic E-state index is 0.422. The molecule has 2 atom stereocenters. The molecule has 1 nitrogen and oxygen atoms in total. The molecule has 1 aliphatic rings. The van der Waals surface area contributed by atoms with Gasteiger partial charge in [0.15, 0.2) is 0 Å². The predicted octanol–water partition coefficient (Wildman–Crippen LogP) is 5.31. The Morgan fingerprint density at radius 1 is 0.789 bits per heavy atom. The Morgan fingerprint density at radius 3 is 1.58 bits per heavy atom. The highest BCUT2D eigenvalue weighted by atomic mass is 31.1. The van der Waals surface area contributed by atoms with Gasteiger partial charge in [-0.25, -0.2) is 0 Å². The van der Waals surface area contributed by atoms with E-state index in [1.54, 1.807) is 0 Å². The summed E-state index contributed by atoms with van der Waals surface area (Å²) >= 11 is 0. The summed E-state index contributed by atoms with van der Waals surface area (Å²) in [6.45, 7) is 0. The van der Waals surface area contributed by atoms with Gasteiger partial charge in [-0.05, 0) is 24.0 Å². The number of hydrogen-bond acceptors (Lipinski definition) is 1. The van der Waals surface area contributed by atoms with Crippen molar-refractivity contribution >= 4 is 8.15 Å². The van der Waals surface area contributed by atoms with Crippen LogP contribution in [0, 0.1) is 0 Å². The molecule has 2 aromatic rings. The normalized spacial score (nSPS) is 23.6. The molecule has 19 heavy (non-hydrogen) atoms. The average molecular weight is 270 g/mol. The molecule has 0 aromatic heterocycles. The summed E-state index contributed by atoms with van der Waals surface area (Å²) in [6, 6.07) is 21.7. The van der Waals surface area contributed by atoms with Gasteiger partial charge in [0.25, 0.3) is 0 Å². The summed E-state index contributed by atoms with van der Waals surface area (Å²) < 4.78 is 5.91. The van der Waals surface area contributed by atoms with Gasteiger partial charge < -0.3 is 4.52 Å². The molecule has 0 aliphatic carbocycles. The number of hydrogen-bond donors (Lipinski definition) is 0. The summed E-state index contributed by atoms with van der Waals surface area (Å²) in [6.07, 6.45) is 2.48. The molecule has 1 fully saturated rings. The highest BCUT2D eigenvalue weighted by molar-refractivity contribution is 7.53. The molecule has 0 amide bonds. The topological polar surface area (TPSA) is 9.23 Å². The van der Waals surface area contributed by atoms with E-state index in [1.165, 1.54) is 24.0 Å². The van der Waals surface area contributed by atoms with E-state index >= 15 is 0 Å². The summed E-state index contributed by atoms with van der Waals surface area (Å²) in [7, 11) is 1.46. The molecule has 3 rings (SSSR count). The number of benzene rings is 2. The minimum atomic E-state index is -0.422. The second kappa shape index (κ2) is 5.86. The van der Waals surface area contributed by atoms with Gasteiger partial charge in [-0.3, -0.25) is 0 Å². The molecule has 0 N–H and O–H groups in total. The van der Waals surface area contributed by atoms with Crippen LogP contribution in [0.1, 0.15) is 35.3 Å². The first-order valence-corrected chi connectivity index (χ1v) is 8.22. The van der Waals surface area contributed by atoms with E-state index in [-0.39, 0.29) is 0 Å². The fraction of sp³-hybridized carbons (Fsp3) is 0.294. The zero-order valence-electron chi connectivity index (χ0n) is 11.2. The lowest BCUT2D eigenvalue weighted by Crippen LogP contribution is -1.95. The molecule has 0 radical (unpaired) electrons. The van der Waals surface area contributed by atoms with Crippen LogP contribution >= 0.6 is 8.15 Å². The van der Waals surface area contributed by atoms with E-state index in [2.05, 4.69) is 60.7 Å². The van der Waals surface area contributed by atoms with Crippen LogP contribution in [-0.2, 0) is 4.52 Å². The standard InChI is InChI=1S/C17H19OP/c1-18-19-16(14-8-4-2-5-9-14)12-13-17(19)15-10-6-3-7-11-15/h2-11,16-17H,12-13H2,1H3/t16-,17-/m0/s1. The third kappa shape index (κ3) is 2.59. The molecular weight excluding hydrogens is 251 g/mol. The fourth-order valence-electron chi connectivity index (χ4n) is 3.02. The first kappa shape index (κ1) is 12.8. The van der Waals surface area contributed by atoms with E-state index < -0.39 is 8.15 Å². The summed E-state index contributed by atoms with van der Waals surface area (Å²) in [4.78, 5) is 0. The highest BCUT2D eigenvalue weighted by Gasteiger charge is 2.37. The van der Waals surface area contributed by atoms with E-state index in [0.717, 1.165) is 0 Å². The molecule has 0 saturated carbocycles. The SMILES string of the molecule is COP1[C@H](c2ccccc2)CC[C@H]1c1ccccc1. The Kier molecular flexibility index (Phi) is 3.96. The van der Waals surface area contributed by atoms with Crippen molar-refractivity contribution in [2.75, 3.05) is 7.11 Å². The first-order valence-electron chi connectivity index (χ1n) is 6.82. The fourth-order valence-corrected chi connectivity index (χ4v) is 5.70. The summed E-state index contributed by atoms with van der Waals surface area (Å²) in [5.74, 6) is 0. The molecule has 0 bridgehead atoms. The van der Waals surface area contributed by atoms with E-state index in [1.807, 2.05) is 7.11 Å². The van der Waals surface area contributed by atoms with Crippen molar-refractivity contribution in [3.8, 4) is 0 Å². The van der Waals surface area contributed by atoms with Gasteiger partial charge in [-0.2, -0.15) is 0 Å². The second-order valence-corrected chi connectivity index (χ2v) is 7.30. The lowest BCUT2D eigenvalue weighted by Gasteiger charge is -2.24. The maximum absolute atomic E-state index is 5.91. The lowest BCUT2D eigenvalue weighted by molar-refractivity contribution is 0.453. The summed E-state index contributed by atoms with van der Waals surface area (Å²) in [5.41, 5.74) is 4.06. The highest BCUT2D eigenvalue weighted by Crippen LogP contribution is 2.70. The van der Waals surface area contributed by atoms with Gasteiger partial charge in [0.1, 0.15) is 0 Å². The van der Waals surface area contributed by atoms with Crippen LogP contribution in [0.3, 0.4) is 0 Å². The second-order valence-electron chi connectivity index (χ2n) is 4.97. The largest absolute Gasteiger partial charge is 0.361 e. The van der Waals surface area contributed by atoms with Crippen molar-refractivity contribution in [3.63, 3.8) is 0 Å². The van der Waals surface area contributed by atoms with Gasteiger partial charge in [-0.15, -0.1) is 0 Å². The average Bonchev–Trinajstić information content (AvgIpc) is 2.93. The van der Waals surface area contributed by atoms with Gasteiger partial charge >= 0.3 is 0 Å². The van der Waals surface area contributed by atoms with Crippen LogP contribution in [0.2, 0.25) is 0 Å². The van der Waals surface area contributed by atoms with Crippen LogP contribution in [0.4, 0.5) is 0 Å². The van der Waals surface area contributed by atoms with Crippen LogP contribution in [0.25, 0.3) is 0 Å². The van der Waals surface area contributed by atoms with Crippen LogP contribution in [0.15, 0.2) is 60.7 Å². The van der Waals surface area contributed by atoms with E-state index in [4.69, 9.17) is 4.52 Å². The summed E-state index contributed by atoms with van der Waals surface area (Å²) in [5, 5.41) is 0. The molecule has 98 valence electrons. The third-order valence-corrected chi connectivity index (χ3v) is 6.67. The Hall–Kier alpha value is -1.17. The van der Waals surface area contributed by atoms with Crippen molar-refractivity contribution in [3.05, 3.63) is 71.8 Å². The van der Waals surface area contributed by atoms with Crippen LogP contribution in [-0.4, -0.2) is 7.11 Å². The zero-order chi connectivity index (χ0) is 13.1. The smallest absolute Gasteiger partial charge is 0.0440 e. The van der Waals surface area contributed by atoms with E-state index in [9.17, 15) is 0 Å². The van der Waals surface area contributed by atoms with Gasteiger partial charge in [0.05, 0.1) is 0 Å². The quantitative estimate of drug-likeness (QED) is 0.687. The van der Waals surface area contributed by atoms with Crippen molar-refractivity contribution in [2.24, 2.45) is 0 Å². The molecule has 1 aliphatic heterocycles. The number of rotatable bonds is 3. The lowest BCUT2D eigenvalue weighted by atomic mass is 10.0. The van der Waals surface area contributed by atoms with Crippen LogP contribution < -0.4 is 0 Å². The van der Waals surface area contributed by atoms with Crippen molar-refractivity contribution < 1.29 is 4.52 Å². The third-order valence-electron chi connectivity index (χ3n) is 3.91. The monoisotopic (exact) mass is 270 g/mol. The maximum Gasteiger partial charge on any atom is 0.0440 e. The first-order chi connectivity index (χ1) is 9.40. The Morgan fingerprint density at radius 2 is 1.21 bits per heavy atom. The zero-order valence-corrected chi connectivity index (χ0v) is 12.1. The van der Waals surface area contributed by atoms with Gasteiger partial charge in [0, 0.05) is 26.6 Å². The van der Waals surface area contributed by atoms with Crippen molar-refractivity contribution in [2.45, 2.75) is 24.2 Å². The van der Waals surface area contributed by atoms with Gasteiger partial charge in [0.2, 0.25) is 0 Å². The Bertz CT molecular complexity index is 464. The van der Waals surface area contributed by atoms with Crippen molar-refractivity contribution in [1.82, 2.24) is 0 Å². The molecule has 2 heteroatoms. The maximum atomic E-state index is 5.91. The molecule has 1 saturated heterocycles. The van der Waals surface area contributed by atoms with E-state index in [0.29, 0.717) is 11.3 Å². The minimum Gasteiger partial charge on any atom is -0.361 e. The molecule has 0 unspecified atom stereocenters. The van der Waals surface area contributed by atoms with Gasteiger partial charge in [-0.1, -0.05) is 60.7 Å². The molecule has 0 spiro atoms. The molecule has 1 heterocycles.